The second-order valence-corrected chi connectivity index (χ2v) is 6.58. The fourth-order valence-electron chi connectivity index (χ4n) is 3.58. The van der Waals surface area contributed by atoms with E-state index in [1.807, 2.05) is 25.1 Å². The van der Waals surface area contributed by atoms with Crippen molar-refractivity contribution in [3.8, 4) is 11.5 Å². The normalized spacial score (nSPS) is 16.0. The first-order valence-electron chi connectivity index (χ1n) is 8.91. The summed E-state index contributed by atoms with van der Waals surface area (Å²) >= 11 is 0. The van der Waals surface area contributed by atoms with Crippen LogP contribution < -0.4 is 15.9 Å². The van der Waals surface area contributed by atoms with Gasteiger partial charge in [0.1, 0.15) is 11.3 Å². The lowest BCUT2D eigenvalue weighted by molar-refractivity contribution is 0.0898. The van der Waals surface area contributed by atoms with Crippen molar-refractivity contribution in [2.45, 2.75) is 25.7 Å². The van der Waals surface area contributed by atoms with Crippen molar-refractivity contribution < 1.29 is 19.2 Å². The van der Waals surface area contributed by atoms with Gasteiger partial charge >= 0.3 is 5.63 Å². The summed E-state index contributed by atoms with van der Waals surface area (Å²) < 4.78 is 5.37. The van der Waals surface area contributed by atoms with Gasteiger partial charge in [-0.15, -0.1) is 0 Å². The Morgan fingerprint density at radius 3 is 2.89 bits per heavy atom. The lowest BCUT2D eigenvalue weighted by Gasteiger charge is -2.25. The van der Waals surface area contributed by atoms with Crippen LogP contribution in [0.25, 0.3) is 11.0 Å². The van der Waals surface area contributed by atoms with Gasteiger partial charge in [-0.3, -0.25) is 4.79 Å². The quantitative estimate of drug-likeness (QED) is 0.545. The van der Waals surface area contributed by atoms with Gasteiger partial charge < -0.3 is 14.4 Å². The second-order valence-electron chi connectivity index (χ2n) is 6.58. The van der Waals surface area contributed by atoms with Gasteiger partial charge in [-0.2, -0.15) is 5.48 Å². The summed E-state index contributed by atoms with van der Waals surface area (Å²) in [5, 5.41) is 11.1. The SMILES string of the molecule is CCCc1cc(=O)oc2c(C(=O)C3CNOc4ccccc43)c(O)ccc12. The van der Waals surface area contributed by atoms with Crippen LogP contribution in [-0.4, -0.2) is 17.4 Å². The Labute approximate surface area is 155 Å². The van der Waals surface area contributed by atoms with Crippen LogP contribution >= 0.6 is 0 Å². The van der Waals surface area contributed by atoms with Crippen molar-refractivity contribution in [3.63, 3.8) is 0 Å². The van der Waals surface area contributed by atoms with Crippen molar-refractivity contribution in [2.24, 2.45) is 0 Å². The summed E-state index contributed by atoms with van der Waals surface area (Å²) in [6, 6.07) is 11.8. The maximum absolute atomic E-state index is 13.4. The minimum absolute atomic E-state index is 0.0334. The Morgan fingerprint density at radius 2 is 2.07 bits per heavy atom. The van der Waals surface area contributed by atoms with Gasteiger partial charge in [0.25, 0.3) is 0 Å². The molecule has 0 bridgehead atoms. The first-order valence-corrected chi connectivity index (χ1v) is 8.91. The Kier molecular flexibility index (Phi) is 4.41. The van der Waals surface area contributed by atoms with Crippen molar-refractivity contribution in [1.29, 1.82) is 0 Å². The molecule has 2 aromatic carbocycles. The zero-order valence-corrected chi connectivity index (χ0v) is 14.8. The number of para-hydroxylation sites is 1. The number of phenolic OH excluding ortho intramolecular Hbond substituents is 1. The number of hydrogen-bond acceptors (Lipinski definition) is 6. The Balaban J connectivity index is 1.90. The molecule has 1 aliphatic rings. The average Bonchev–Trinajstić information content (AvgIpc) is 2.67. The van der Waals surface area contributed by atoms with E-state index in [1.54, 1.807) is 12.1 Å². The minimum atomic E-state index is -0.563. The van der Waals surface area contributed by atoms with Gasteiger partial charge in [-0.25, -0.2) is 4.79 Å². The molecular formula is C21H19NO5. The highest BCUT2D eigenvalue weighted by atomic mass is 16.6. The molecular weight excluding hydrogens is 346 g/mol. The van der Waals surface area contributed by atoms with Gasteiger partial charge in [-0.1, -0.05) is 31.5 Å². The van der Waals surface area contributed by atoms with E-state index in [0.717, 1.165) is 17.5 Å². The molecule has 3 aromatic rings. The molecule has 2 heterocycles. The first-order chi connectivity index (χ1) is 13.1. The second kappa shape index (κ2) is 6.89. The van der Waals surface area contributed by atoms with E-state index >= 15 is 0 Å². The predicted molar refractivity (Wildman–Crippen MR) is 100 cm³/mol. The molecule has 138 valence electrons. The van der Waals surface area contributed by atoms with Gasteiger partial charge in [0.2, 0.25) is 0 Å². The molecule has 1 aromatic heterocycles. The molecule has 2 N–H and O–H groups in total. The molecule has 0 aliphatic carbocycles. The summed E-state index contributed by atoms with van der Waals surface area (Å²) in [4.78, 5) is 30.8. The number of aryl methyl sites for hydroxylation is 1. The van der Waals surface area contributed by atoms with E-state index in [0.29, 0.717) is 17.6 Å². The van der Waals surface area contributed by atoms with Crippen molar-refractivity contribution in [2.75, 3.05) is 6.54 Å². The van der Waals surface area contributed by atoms with Crippen LogP contribution in [0.4, 0.5) is 0 Å². The van der Waals surface area contributed by atoms with Gasteiger partial charge in [0.15, 0.2) is 17.1 Å². The number of Topliss-reactive ketones (excluding diaryl/α,β-unsaturated/α-hetero) is 1. The highest BCUT2D eigenvalue weighted by Crippen LogP contribution is 2.36. The average molecular weight is 365 g/mol. The summed E-state index contributed by atoms with van der Waals surface area (Å²) in [6.07, 6.45) is 1.53. The van der Waals surface area contributed by atoms with Crippen LogP contribution in [-0.2, 0) is 6.42 Å². The molecule has 6 heteroatoms. The molecule has 0 spiro atoms. The Morgan fingerprint density at radius 1 is 1.26 bits per heavy atom. The van der Waals surface area contributed by atoms with E-state index in [-0.39, 0.29) is 29.2 Å². The van der Waals surface area contributed by atoms with E-state index < -0.39 is 11.5 Å². The van der Waals surface area contributed by atoms with Crippen LogP contribution in [0, 0.1) is 0 Å². The molecule has 0 radical (unpaired) electrons. The maximum Gasteiger partial charge on any atom is 0.336 e. The maximum atomic E-state index is 13.4. The molecule has 1 aliphatic heterocycles. The lowest BCUT2D eigenvalue weighted by atomic mass is 9.88. The van der Waals surface area contributed by atoms with Crippen molar-refractivity contribution in [1.82, 2.24) is 5.48 Å². The molecule has 0 saturated carbocycles. The summed E-state index contributed by atoms with van der Waals surface area (Å²) in [6.45, 7) is 2.27. The molecule has 4 rings (SSSR count). The molecule has 0 saturated heterocycles. The summed E-state index contributed by atoms with van der Waals surface area (Å²) in [5.41, 5.74) is 3.93. The molecule has 27 heavy (non-hydrogen) atoms. The van der Waals surface area contributed by atoms with E-state index in [4.69, 9.17) is 9.25 Å². The number of hydrogen-bond donors (Lipinski definition) is 2. The van der Waals surface area contributed by atoms with E-state index in [9.17, 15) is 14.7 Å². The predicted octanol–water partition coefficient (Wildman–Crippen LogP) is 3.31. The van der Waals surface area contributed by atoms with Crippen LogP contribution in [0.2, 0.25) is 0 Å². The molecule has 1 atom stereocenters. The third-order valence-electron chi connectivity index (χ3n) is 4.82. The number of carbonyl (C=O) groups is 1. The topological polar surface area (TPSA) is 88.8 Å². The van der Waals surface area contributed by atoms with Crippen molar-refractivity contribution >= 4 is 16.8 Å². The molecule has 6 nitrogen and oxygen atoms in total. The summed E-state index contributed by atoms with van der Waals surface area (Å²) in [5.74, 6) is -0.520. The summed E-state index contributed by atoms with van der Waals surface area (Å²) in [7, 11) is 0. The zero-order valence-electron chi connectivity index (χ0n) is 14.8. The molecule has 0 fully saturated rings. The van der Waals surface area contributed by atoms with Crippen LogP contribution in [0.1, 0.15) is 40.7 Å². The van der Waals surface area contributed by atoms with Crippen LogP contribution in [0.15, 0.2) is 51.7 Å². The Bertz CT molecular complexity index is 1090. The zero-order chi connectivity index (χ0) is 19.0. The number of fused-ring (bicyclic) bond motifs is 2. The number of ketones is 1. The molecule has 1 unspecified atom stereocenters. The highest BCUT2D eigenvalue weighted by molar-refractivity contribution is 6.12. The van der Waals surface area contributed by atoms with E-state index in [1.165, 1.54) is 12.1 Å². The number of rotatable bonds is 4. The number of phenols is 1. The first kappa shape index (κ1) is 17.3. The monoisotopic (exact) mass is 365 g/mol. The number of hydroxylamine groups is 1. The third-order valence-corrected chi connectivity index (χ3v) is 4.82. The standard InChI is InChI=1S/C21H19NO5/c1-2-5-12-10-18(24)26-21-13(12)8-9-16(23)19(21)20(25)15-11-22-27-17-7-4-3-6-14(15)17/h3-4,6-10,15,22-23H,2,5,11H2,1H3. The van der Waals surface area contributed by atoms with Crippen LogP contribution in [0.3, 0.4) is 0 Å². The number of nitrogens with one attached hydrogen (secondary N) is 1. The smallest absolute Gasteiger partial charge is 0.336 e. The minimum Gasteiger partial charge on any atom is -0.507 e. The lowest BCUT2D eigenvalue weighted by Crippen LogP contribution is -2.34. The number of carbonyl (C=O) groups excluding carboxylic acids is 1. The largest absolute Gasteiger partial charge is 0.507 e. The third kappa shape index (κ3) is 2.98. The fraction of sp³-hybridized carbons (Fsp3) is 0.238. The van der Waals surface area contributed by atoms with E-state index in [2.05, 4.69) is 5.48 Å². The van der Waals surface area contributed by atoms with Gasteiger partial charge in [-0.05, 0) is 30.2 Å². The van der Waals surface area contributed by atoms with Gasteiger partial charge in [0, 0.05) is 23.6 Å². The molecule has 0 amide bonds. The Hall–Kier alpha value is -3.12. The van der Waals surface area contributed by atoms with Crippen LogP contribution in [0.5, 0.6) is 11.5 Å². The van der Waals surface area contributed by atoms with Crippen molar-refractivity contribution in [3.05, 3.63) is 69.6 Å². The highest BCUT2D eigenvalue weighted by Gasteiger charge is 2.32. The fourth-order valence-corrected chi connectivity index (χ4v) is 3.58. The number of aromatic hydroxyl groups is 1. The van der Waals surface area contributed by atoms with Gasteiger partial charge in [0.05, 0.1) is 5.92 Å². The number of benzene rings is 2.